The van der Waals surface area contributed by atoms with E-state index in [2.05, 4.69) is 12.2 Å². The van der Waals surface area contributed by atoms with E-state index in [0.29, 0.717) is 29.4 Å². The zero-order chi connectivity index (χ0) is 20.4. The van der Waals surface area contributed by atoms with Crippen LogP contribution in [-0.4, -0.2) is 25.4 Å². The average molecular weight is 381 g/mol. The predicted molar refractivity (Wildman–Crippen MR) is 112 cm³/mol. The van der Waals surface area contributed by atoms with Gasteiger partial charge in [0.1, 0.15) is 0 Å². The van der Waals surface area contributed by atoms with Gasteiger partial charge in [-0.1, -0.05) is 25.8 Å². The summed E-state index contributed by atoms with van der Waals surface area (Å²) in [5.74, 6) is 1.07. The van der Waals surface area contributed by atoms with Crippen LogP contribution in [0.25, 0.3) is 6.08 Å². The fraction of sp³-hybridized carbons (Fsp3) is 0.304. The molecule has 0 unspecified atom stereocenters. The smallest absolute Gasteiger partial charge is 0.248 e. The van der Waals surface area contributed by atoms with Crippen molar-refractivity contribution in [2.24, 2.45) is 0 Å². The Morgan fingerprint density at radius 3 is 2.43 bits per heavy atom. The van der Waals surface area contributed by atoms with E-state index in [1.54, 1.807) is 37.5 Å². The minimum Gasteiger partial charge on any atom is -0.493 e. The highest BCUT2D eigenvalue weighted by Gasteiger charge is 2.05. The largest absolute Gasteiger partial charge is 0.493 e. The summed E-state index contributed by atoms with van der Waals surface area (Å²) in [4.78, 5) is 23.4. The van der Waals surface area contributed by atoms with Gasteiger partial charge in [0, 0.05) is 17.3 Å². The zero-order valence-electron chi connectivity index (χ0n) is 16.7. The number of ether oxygens (including phenoxy) is 2. The first-order chi connectivity index (χ1) is 13.5. The number of ketones is 1. The molecule has 0 saturated heterocycles. The number of benzene rings is 2. The van der Waals surface area contributed by atoms with Crippen molar-refractivity contribution in [2.45, 2.75) is 33.1 Å². The number of anilines is 1. The van der Waals surface area contributed by atoms with Crippen LogP contribution in [0.4, 0.5) is 5.69 Å². The Labute approximate surface area is 166 Å². The third kappa shape index (κ3) is 6.58. The van der Waals surface area contributed by atoms with E-state index < -0.39 is 0 Å². The molecule has 1 N–H and O–H groups in total. The van der Waals surface area contributed by atoms with Crippen LogP contribution in [0.15, 0.2) is 48.5 Å². The van der Waals surface area contributed by atoms with Crippen molar-refractivity contribution in [1.29, 1.82) is 0 Å². The first-order valence-corrected chi connectivity index (χ1v) is 9.44. The molecule has 0 atom stereocenters. The van der Waals surface area contributed by atoms with Crippen molar-refractivity contribution in [3.63, 3.8) is 0 Å². The predicted octanol–water partition coefficient (Wildman–Crippen LogP) is 5.12. The number of nitrogens with one attached hydrogen (secondary N) is 1. The second-order valence-electron chi connectivity index (χ2n) is 6.42. The van der Waals surface area contributed by atoms with Gasteiger partial charge in [-0.15, -0.1) is 0 Å². The molecule has 2 aromatic rings. The highest BCUT2D eigenvalue weighted by atomic mass is 16.5. The number of hydrogen-bond donors (Lipinski definition) is 1. The Morgan fingerprint density at radius 1 is 1.04 bits per heavy atom. The van der Waals surface area contributed by atoms with Gasteiger partial charge in [-0.2, -0.15) is 0 Å². The van der Waals surface area contributed by atoms with Gasteiger partial charge in [0.15, 0.2) is 17.3 Å². The second-order valence-corrected chi connectivity index (χ2v) is 6.42. The lowest BCUT2D eigenvalue weighted by molar-refractivity contribution is -0.111. The Bertz CT molecular complexity index is 825. The van der Waals surface area contributed by atoms with E-state index in [1.807, 2.05) is 18.2 Å². The van der Waals surface area contributed by atoms with Gasteiger partial charge >= 0.3 is 0 Å². The summed E-state index contributed by atoms with van der Waals surface area (Å²) in [5, 5.41) is 2.77. The molecule has 0 aromatic heterocycles. The fourth-order valence-corrected chi connectivity index (χ4v) is 2.59. The Hall–Kier alpha value is -3.08. The van der Waals surface area contributed by atoms with Crippen LogP contribution in [0.3, 0.4) is 0 Å². The van der Waals surface area contributed by atoms with Crippen LogP contribution in [0, 0.1) is 0 Å². The molecule has 0 radical (unpaired) electrons. The molecular weight excluding hydrogens is 354 g/mol. The molecule has 0 aliphatic carbocycles. The molecule has 0 spiro atoms. The van der Waals surface area contributed by atoms with Crippen molar-refractivity contribution in [3.05, 3.63) is 59.7 Å². The lowest BCUT2D eigenvalue weighted by atomic mass is 10.1. The van der Waals surface area contributed by atoms with E-state index in [0.717, 1.165) is 24.8 Å². The van der Waals surface area contributed by atoms with Crippen LogP contribution in [0.5, 0.6) is 11.5 Å². The van der Waals surface area contributed by atoms with Crippen LogP contribution in [-0.2, 0) is 4.79 Å². The Balaban J connectivity index is 1.96. The fourth-order valence-electron chi connectivity index (χ4n) is 2.59. The zero-order valence-corrected chi connectivity index (χ0v) is 16.7. The molecule has 5 nitrogen and oxygen atoms in total. The Kier molecular flexibility index (Phi) is 8.28. The molecule has 0 aliphatic rings. The summed E-state index contributed by atoms with van der Waals surface area (Å²) in [6, 6.07) is 12.3. The maximum atomic E-state index is 12.1. The number of hydrogen-bond acceptors (Lipinski definition) is 4. The van der Waals surface area contributed by atoms with Crippen molar-refractivity contribution < 1.29 is 19.1 Å². The first-order valence-electron chi connectivity index (χ1n) is 9.44. The van der Waals surface area contributed by atoms with Gasteiger partial charge < -0.3 is 14.8 Å². The number of carbonyl (C=O) groups is 2. The molecule has 1 amide bonds. The SMILES string of the molecule is CCCCCOc1ccc(/C=C/C(=O)Nc2ccc(C(C)=O)cc2)cc1OC. The summed E-state index contributed by atoms with van der Waals surface area (Å²) >= 11 is 0. The van der Waals surface area contributed by atoms with Crippen LogP contribution >= 0.6 is 0 Å². The van der Waals surface area contributed by atoms with Gasteiger partial charge in [-0.25, -0.2) is 0 Å². The summed E-state index contributed by atoms with van der Waals surface area (Å²) in [6.45, 7) is 4.31. The lowest BCUT2D eigenvalue weighted by Crippen LogP contribution is -2.07. The summed E-state index contributed by atoms with van der Waals surface area (Å²) in [7, 11) is 1.60. The molecule has 0 aliphatic heterocycles. The monoisotopic (exact) mass is 381 g/mol. The van der Waals surface area contributed by atoms with Crippen molar-refractivity contribution in [3.8, 4) is 11.5 Å². The molecular formula is C23H27NO4. The van der Waals surface area contributed by atoms with E-state index in [9.17, 15) is 9.59 Å². The van der Waals surface area contributed by atoms with Gasteiger partial charge in [-0.3, -0.25) is 9.59 Å². The van der Waals surface area contributed by atoms with E-state index in [-0.39, 0.29) is 11.7 Å². The number of amides is 1. The summed E-state index contributed by atoms with van der Waals surface area (Å²) < 4.78 is 11.2. The number of rotatable bonds is 10. The van der Waals surface area contributed by atoms with Crippen LogP contribution in [0.2, 0.25) is 0 Å². The minimum atomic E-state index is -0.255. The first kappa shape index (κ1) is 21.2. The summed E-state index contributed by atoms with van der Waals surface area (Å²) in [6.07, 6.45) is 6.45. The van der Waals surface area contributed by atoms with Gasteiger partial charge in [0.25, 0.3) is 0 Å². The second kappa shape index (κ2) is 10.9. The third-order valence-corrected chi connectivity index (χ3v) is 4.18. The van der Waals surface area contributed by atoms with E-state index in [1.165, 1.54) is 13.0 Å². The maximum absolute atomic E-state index is 12.1. The number of methoxy groups -OCH3 is 1. The lowest BCUT2D eigenvalue weighted by Gasteiger charge is -2.11. The normalized spacial score (nSPS) is 10.7. The Morgan fingerprint density at radius 2 is 1.79 bits per heavy atom. The molecule has 2 aromatic carbocycles. The molecule has 28 heavy (non-hydrogen) atoms. The van der Waals surface area contributed by atoms with Gasteiger partial charge in [-0.05, 0) is 61.4 Å². The number of Topliss-reactive ketones (excluding diaryl/α,β-unsaturated/α-hetero) is 1. The molecule has 0 bridgehead atoms. The number of unbranched alkanes of at least 4 members (excludes halogenated alkanes) is 2. The highest BCUT2D eigenvalue weighted by Crippen LogP contribution is 2.28. The van der Waals surface area contributed by atoms with Crippen LogP contribution < -0.4 is 14.8 Å². The van der Waals surface area contributed by atoms with E-state index in [4.69, 9.17) is 9.47 Å². The molecule has 2 rings (SSSR count). The van der Waals surface area contributed by atoms with Crippen molar-refractivity contribution in [2.75, 3.05) is 19.0 Å². The van der Waals surface area contributed by atoms with Crippen molar-refractivity contribution in [1.82, 2.24) is 0 Å². The highest BCUT2D eigenvalue weighted by molar-refractivity contribution is 6.02. The molecule has 0 fully saturated rings. The third-order valence-electron chi connectivity index (χ3n) is 4.18. The topological polar surface area (TPSA) is 64.6 Å². The molecule has 5 heteroatoms. The van der Waals surface area contributed by atoms with Gasteiger partial charge in [0.2, 0.25) is 5.91 Å². The molecule has 0 heterocycles. The molecule has 0 saturated carbocycles. The number of carbonyl (C=O) groups excluding carboxylic acids is 2. The van der Waals surface area contributed by atoms with Crippen LogP contribution in [0.1, 0.15) is 49.0 Å². The summed E-state index contributed by atoms with van der Waals surface area (Å²) in [5.41, 5.74) is 2.07. The average Bonchev–Trinajstić information content (AvgIpc) is 2.70. The quantitative estimate of drug-likeness (QED) is 0.352. The van der Waals surface area contributed by atoms with Gasteiger partial charge in [0.05, 0.1) is 13.7 Å². The minimum absolute atomic E-state index is 0.00971. The van der Waals surface area contributed by atoms with Crippen molar-refractivity contribution >= 4 is 23.5 Å². The molecule has 148 valence electrons. The maximum Gasteiger partial charge on any atom is 0.248 e. The van der Waals surface area contributed by atoms with E-state index >= 15 is 0 Å². The standard InChI is InChI=1S/C23H27NO4/c1-4-5-6-15-28-21-13-7-18(16-22(21)27-3)8-14-23(26)24-20-11-9-19(10-12-20)17(2)25/h7-14,16H,4-6,15H2,1-3H3,(H,24,26)/b14-8+.